The number of thiophene rings is 1. The summed E-state index contributed by atoms with van der Waals surface area (Å²) in [6, 6.07) is 57.7. The average molecular weight is 591 g/mol. The number of nitrogens with zero attached hydrogens (tertiary/aromatic N) is 2. The van der Waals surface area contributed by atoms with Crippen LogP contribution < -0.4 is 0 Å². The summed E-state index contributed by atoms with van der Waals surface area (Å²) in [7, 11) is 0. The minimum absolute atomic E-state index is 1.17. The van der Waals surface area contributed by atoms with Gasteiger partial charge in [0.05, 0.1) is 22.1 Å². The summed E-state index contributed by atoms with van der Waals surface area (Å²) in [5.74, 6) is 0. The van der Waals surface area contributed by atoms with Gasteiger partial charge >= 0.3 is 0 Å². The molecule has 210 valence electrons. The third kappa shape index (κ3) is 3.50. The Bertz CT molecular complexity index is 2760. The first-order valence-electron chi connectivity index (χ1n) is 15.4. The number of aromatic nitrogens is 2. The Morgan fingerprint density at radius 2 is 0.844 bits per heavy atom. The van der Waals surface area contributed by atoms with Gasteiger partial charge in [0, 0.05) is 64.2 Å². The molecule has 0 fully saturated rings. The number of hydrogen-bond acceptors (Lipinski definition) is 1. The van der Waals surface area contributed by atoms with Crippen molar-refractivity contribution in [2.45, 2.75) is 0 Å². The smallest absolute Gasteiger partial charge is 0.0620 e. The van der Waals surface area contributed by atoms with Crippen LogP contribution in [0.4, 0.5) is 0 Å². The zero-order valence-electron chi connectivity index (χ0n) is 24.3. The SMILES string of the molecule is c1ccc(-n2c3ccccc3c3cccc(-c4cccc5c6ccccc6n(-c6ccc7sc8ccccc8c7c6)c45)c32)cc1. The monoisotopic (exact) mass is 590 g/mol. The van der Waals surface area contributed by atoms with Gasteiger partial charge < -0.3 is 9.13 Å². The van der Waals surface area contributed by atoms with Gasteiger partial charge in [-0.3, -0.25) is 0 Å². The van der Waals surface area contributed by atoms with E-state index in [4.69, 9.17) is 0 Å². The fraction of sp³-hybridized carbons (Fsp3) is 0. The van der Waals surface area contributed by atoms with Gasteiger partial charge in [0.2, 0.25) is 0 Å². The molecule has 0 aliphatic heterocycles. The molecule has 0 saturated carbocycles. The fourth-order valence-corrected chi connectivity index (χ4v) is 8.52. The zero-order chi connectivity index (χ0) is 29.5. The first kappa shape index (κ1) is 24.8. The van der Waals surface area contributed by atoms with Crippen LogP contribution in [0, 0.1) is 0 Å². The van der Waals surface area contributed by atoms with E-state index >= 15 is 0 Å². The van der Waals surface area contributed by atoms with Crippen molar-refractivity contribution in [3.05, 3.63) is 158 Å². The van der Waals surface area contributed by atoms with Crippen molar-refractivity contribution in [2.75, 3.05) is 0 Å². The number of fused-ring (bicyclic) bond motifs is 9. The minimum Gasteiger partial charge on any atom is -0.309 e. The number of rotatable bonds is 3. The Labute approximate surface area is 263 Å². The lowest BCUT2D eigenvalue weighted by atomic mass is 9.99. The Morgan fingerprint density at radius 3 is 1.51 bits per heavy atom. The van der Waals surface area contributed by atoms with Crippen LogP contribution in [0.25, 0.3) is 86.3 Å². The van der Waals surface area contributed by atoms with Crippen molar-refractivity contribution >= 4 is 75.1 Å². The summed E-state index contributed by atoms with van der Waals surface area (Å²) in [5.41, 5.74) is 9.69. The summed E-state index contributed by atoms with van der Waals surface area (Å²) in [5, 5.41) is 7.68. The van der Waals surface area contributed by atoms with Crippen molar-refractivity contribution in [1.82, 2.24) is 9.13 Å². The molecule has 7 aromatic carbocycles. The molecule has 3 heterocycles. The van der Waals surface area contributed by atoms with Gasteiger partial charge in [-0.2, -0.15) is 0 Å². The molecule has 2 nitrogen and oxygen atoms in total. The van der Waals surface area contributed by atoms with Crippen molar-refractivity contribution in [2.24, 2.45) is 0 Å². The molecule has 0 unspecified atom stereocenters. The van der Waals surface area contributed by atoms with Crippen LogP contribution in [0.2, 0.25) is 0 Å². The summed E-state index contributed by atoms with van der Waals surface area (Å²) in [6.07, 6.45) is 0. The summed E-state index contributed by atoms with van der Waals surface area (Å²) >= 11 is 1.87. The fourth-order valence-electron chi connectivity index (χ4n) is 7.44. The lowest BCUT2D eigenvalue weighted by Gasteiger charge is -2.15. The first-order valence-corrected chi connectivity index (χ1v) is 16.2. The maximum Gasteiger partial charge on any atom is 0.0620 e. The summed E-state index contributed by atoms with van der Waals surface area (Å²) in [6.45, 7) is 0. The van der Waals surface area contributed by atoms with Crippen LogP contribution in [0.15, 0.2) is 158 Å². The highest BCUT2D eigenvalue weighted by atomic mass is 32.1. The predicted molar refractivity (Wildman–Crippen MR) is 193 cm³/mol. The van der Waals surface area contributed by atoms with E-state index in [0.717, 1.165) is 0 Å². The molecular formula is C42H26N2S. The first-order chi connectivity index (χ1) is 22.3. The molecular weight excluding hydrogens is 565 g/mol. The standard InChI is InChI=1S/C42H26N2S/c1-2-12-27(13-3-1)43-37-21-7-4-14-29(37)32-17-10-19-34(41(32)43)35-20-11-18-33-30-15-5-8-22-38(30)44(42(33)35)28-24-25-40-36(26-28)31-16-6-9-23-39(31)45-40/h1-26H. The molecule has 45 heavy (non-hydrogen) atoms. The van der Waals surface area contributed by atoms with Crippen LogP contribution in [-0.2, 0) is 0 Å². The van der Waals surface area contributed by atoms with Gasteiger partial charge in [0.25, 0.3) is 0 Å². The van der Waals surface area contributed by atoms with Gasteiger partial charge in [-0.1, -0.05) is 109 Å². The highest BCUT2D eigenvalue weighted by Gasteiger charge is 2.21. The second kappa shape index (κ2) is 9.43. The van der Waals surface area contributed by atoms with E-state index in [0.29, 0.717) is 0 Å². The molecule has 10 aromatic rings. The molecule has 0 bridgehead atoms. The van der Waals surface area contributed by atoms with E-state index in [-0.39, 0.29) is 0 Å². The molecule has 0 aliphatic carbocycles. The average Bonchev–Trinajstić information content (AvgIpc) is 3.76. The van der Waals surface area contributed by atoms with E-state index in [1.807, 2.05) is 11.3 Å². The molecule has 0 atom stereocenters. The third-order valence-corrected chi connectivity index (χ3v) is 10.5. The van der Waals surface area contributed by atoms with Gasteiger partial charge in [-0.15, -0.1) is 11.3 Å². The van der Waals surface area contributed by atoms with Crippen LogP contribution in [0.1, 0.15) is 0 Å². The molecule has 0 amide bonds. The number of para-hydroxylation sites is 5. The van der Waals surface area contributed by atoms with Crippen LogP contribution >= 0.6 is 11.3 Å². The van der Waals surface area contributed by atoms with Crippen molar-refractivity contribution < 1.29 is 0 Å². The summed E-state index contributed by atoms with van der Waals surface area (Å²) < 4.78 is 7.57. The van der Waals surface area contributed by atoms with Gasteiger partial charge in [0.1, 0.15) is 0 Å². The van der Waals surface area contributed by atoms with Gasteiger partial charge in [0.15, 0.2) is 0 Å². The topological polar surface area (TPSA) is 9.86 Å². The highest BCUT2D eigenvalue weighted by molar-refractivity contribution is 7.25. The maximum absolute atomic E-state index is 2.49. The Kier molecular flexibility index (Phi) is 5.19. The molecule has 0 saturated heterocycles. The molecule has 10 rings (SSSR count). The second-order valence-electron chi connectivity index (χ2n) is 11.7. The lowest BCUT2D eigenvalue weighted by Crippen LogP contribution is -1.98. The molecule has 3 aromatic heterocycles. The van der Waals surface area contributed by atoms with Crippen molar-refractivity contribution in [3.63, 3.8) is 0 Å². The third-order valence-electron chi connectivity index (χ3n) is 9.31. The Balaban J connectivity index is 1.36. The van der Waals surface area contributed by atoms with Crippen molar-refractivity contribution in [3.8, 4) is 22.5 Å². The molecule has 0 N–H and O–H groups in total. The van der Waals surface area contributed by atoms with Gasteiger partial charge in [-0.25, -0.2) is 0 Å². The zero-order valence-corrected chi connectivity index (χ0v) is 25.1. The van der Waals surface area contributed by atoms with E-state index < -0.39 is 0 Å². The molecule has 0 radical (unpaired) electrons. The normalized spacial score (nSPS) is 12.0. The summed E-state index contributed by atoms with van der Waals surface area (Å²) in [4.78, 5) is 0. The van der Waals surface area contributed by atoms with Gasteiger partial charge in [-0.05, 0) is 48.5 Å². The Morgan fingerprint density at radius 1 is 0.333 bits per heavy atom. The quantitative estimate of drug-likeness (QED) is 0.194. The highest BCUT2D eigenvalue weighted by Crippen LogP contribution is 2.44. The Hall–Kier alpha value is -5.64. The van der Waals surface area contributed by atoms with E-state index in [2.05, 4.69) is 167 Å². The maximum atomic E-state index is 2.49. The molecule has 0 aliphatic rings. The lowest BCUT2D eigenvalue weighted by molar-refractivity contribution is 1.17. The largest absolute Gasteiger partial charge is 0.309 e. The van der Waals surface area contributed by atoms with Crippen molar-refractivity contribution in [1.29, 1.82) is 0 Å². The second-order valence-corrected chi connectivity index (χ2v) is 12.8. The molecule has 3 heteroatoms. The number of benzene rings is 7. The van der Waals surface area contributed by atoms with Crippen LogP contribution in [-0.4, -0.2) is 9.13 Å². The van der Waals surface area contributed by atoms with E-state index in [1.54, 1.807) is 0 Å². The number of hydrogen-bond donors (Lipinski definition) is 0. The predicted octanol–water partition coefficient (Wildman–Crippen LogP) is 11.9. The molecule has 0 spiro atoms. The van der Waals surface area contributed by atoms with Crippen LogP contribution in [0.5, 0.6) is 0 Å². The minimum atomic E-state index is 1.17. The van der Waals surface area contributed by atoms with E-state index in [9.17, 15) is 0 Å². The van der Waals surface area contributed by atoms with E-state index in [1.165, 1.54) is 86.3 Å². The van der Waals surface area contributed by atoms with Crippen LogP contribution in [0.3, 0.4) is 0 Å².